The molecule has 2 aliphatic rings. The van der Waals surface area contributed by atoms with Crippen LogP contribution in [-0.4, -0.2) is 23.9 Å². The highest BCUT2D eigenvalue weighted by atomic mass is 35.5. The maximum atomic E-state index is 14.0. The van der Waals surface area contributed by atoms with Gasteiger partial charge in [0.05, 0.1) is 13.2 Å². The van der Waals surface area contributed by atoms with Crippen molar-refractivity contribution in [2.45, 2.75) is 32.5 Å². The SMILES string of the molecule is COc1cccc2c1O[C@@]1(C)[C@H](C(=O)Nc3ccc(C)cc3C)[C@H]2NC(=S)N1c1ccc(Cl)cc1. The van der Waals surface area contributed by atoms with E-state index in [1.807, 2.05) is 74.2 Å². The van der Waals surface area contributed by atoms with Crippen molar-refractivity contribution in [3.05, 3.63) is 82.4 Å². The van der Waals surface area contributed by atoms with E-state index in [2.05, 4.69) is 10.6 Å². The maximum Gasteiger partial charge on any atom is 0.236 e. The highest BCUT2D eigenvalue weighted by Gasteiger charge is 2.59. The van der Waals surface area contributed by atoms with E-state index in [0.29, 0.717) is 21.6 Å². The lowest BCUT2D eigenvalue weighted by Gasteiger charge is -2.56. The van der Waals surface area contributed by atoms with Crippen LogP contribution in [0.25, 0.3) is 0 Å². The highest BCUT2D eigenvalue weighted by molar-refractivity contribution is 7.80. The Balaban J connectivity index is 1.64. The topological polar surface area (TPSA) is 62.8 Å². The van der Waals surface area contributed by atoms with Gasteiger partial charge in [-0.25, -0.2) is 0 Å². The summed E-state index contributed by atoms with van der Waals surface area (Å²) in [5, 5.41) is 7.61. The minimum atomic E-state index is -1.15. The third-order valence-corrected chi connectivity index (χ3v) is 7.27. The molecule has 2 N–H and O–H groups in total. The Bertz CT molecular complexity index is 1330. The van der Waals surface area contributed by atoms with Gasteiger partial charge >= 0.3 is 0 Å². The van der Waals surface area contributed by atoms with Gasteiger partial charge in [-0.3, -0.25) is 9.69 Å². The molecule has 3 atom stereocenters. The van der Waals surface area contributed by atoms with Crippen LogP contribution in [0.3, 0.4) is 0 Å². The number of nitrogens with zero attached hydrogens (tertiary/aromatic N) is 1. The molecule has 0 aromatic heterocycles. The van der Waals surface area contributed by atoms with E-state index < -0.39 is 17.7 Å². The van der Waals surface area contributed by atoms with E-state index in [4.69, 9.17) is 33.3 Å². The molecule has 5 rings (SSSR count). The van der Waals surface area contributed by atoms with Gasteiger partial charge in [0.25, 0.3) is 0 Å². The molecule has 6 nitrogen and oxygen atoms in total. The molecule has 3 aromatic carbocycles. The lowest BCUT2D eigenvalue weighted by Crippen LogP contribution is -2.72. The van der Waals surface area contributed by atoms with Gasteiger partial charge in [-0.2, -0.15) is 0 Å². The molecule has 1 fully saturated rings. The summed E-state index contributed by atoms with van der Waals surface area (Å²) in [6.07, 6.45) is 0. The number of rotatable bonds is 4. The van der Waals surface area contributed by atoms with E-state index in [-0.39, 0.29) is 5.91 Å². The first-order chi connectivity index (χ1) is 16.7. The lowest BCUT2D eigenvalue weighted by molar-refractivity contribution is -0.130. The number of ether oxygens (including phenoxy) is 2. The highest BCUT2D eigenvalue weighted by Crippen LogP contribution is 2.52. The Hall–Kier alpha value is -3.29. The van der Waals surface area contributed by atoms with Crippen molar-refractivity contribution in [1.82, 2.24) is 5.32 Å². The monoisotopic (exact) mass is 507 g/mol. The van der Waals surface area contributed by atoms with Gasteiger partial charge in [0.1, 0.15) is 5.92 Å². The van der Waals surface area contributed by atoms with Crippen LogP contribution < -0.4 is 25.0 Å². The normalized spacial score (nSPS) is 22.5. The number of hydrogen-bond acceptors (Lipinski definition) is 4. The molecule has 3 aromatic rings. The smallest absolute Gasteiger partial charge is 0.236 e. The fraction of sp³-hybridized carbons (Fsp3) is 0.259. The van der Waals surface area contributed by atoms with Crippen LogP contribution in [-0.2, 0) is 4.79 Å². The van der Waals surface area contributed by atoms with Crippen molar-refractivity contribution in [2.75, 3.05) is 17.3 Å². The molecule has 2 heterocycles. The molecule has 0 spiro atoms. The van der Waals surface area contributed by atoms with Crippen LogP contribution in [0, 0.1) is 19.8 Å². The summed E-state index contributed by atoms with van der Waals surface area (Å²) in [5.41, 5.74) is 3.32. The van der Waals surface area contributed by atoms with E-state index in [1.54, 1.807) is 19.2 Å². The first-order valence-corrected chi connectivity index (χ1v) is 12.1. The molecule has 35 heavy (non-hydrogen) atoms. The molecule has 2 bridgehead atoms. The second-order valence-electron chi connectivity index (χ2n) is 9.06. The number of halogens is 1. The van der Waals surface area contributed by atoms with Gasteiger partial charge in [-0.1, -0.05) is 41.4 Å². The molecular weight excluding hydrogens is 482 g/mol. The van der Waals surface area contributed by atoms with Crippen LogP contribution in [0.15, 0.2) is 60.7 Å². The van der Waals surface area contributed by atoms with Crippen molar-refractivity contribution < 1.29 is 14.3 Å². The van der Waals surface area contributed by atoms with Crippen molar-refractivity contribution in [3.8, 4) is 11.5 Å². The predicted molar refractivity (Wildman–Crippen MR) is 142 cm³/mol. The molecule has 0 saturated carbocycles. The minimum absolute atomic E-state index is 0.174. The third-order valence-electron chi connectivity index (χ3n) is 6.72. The van der Waals surface area contributed by atoms with Crippen LogP contribution in [0.5, 0.6) is 11.5 Å². The molecule has 180 valence electrons. The number of aryl methyl sites for hydroxylation is 2. The molecule has 0 radical (unpaired) electrons. The fourth-order valence-corrected chi connectivity index (χ4v) is 5.61. The van der Waals surface area contributed by atoms with Crippen LogP contribution >= 0.6 is 23.8 Å². The second kappa shape index (κ2) is 8.73. The molecule has 1 amide bonds. The van der Waals surface area contributed by atoms with Crippen molar-refractivity contribution >= 4 is 46.2 Å². The lowest BCUT2D eigenvalue weighted by atomic mass is 9.78. The number of hydrogen-bond donors (Lipinski definition) is 2. The average Bonchev–Trinajstić information content (AvgIpc) is 2.81. The van der Waals surface area contributed by atoms with Gasteiger partial charge in [-0.15, -0.1) is 0 Å². The third kappa shape index (κ3) is 3.89. The summed E-state index contributed by atoms with van der Waals surface area (Å²) in [7, 11) is 1.60. The summed E-state index contributed by atoms with van der Waals surface area (Å²) in [5.74, 6) is 0.363. The number of carbonyl (C=O) groups is 1. The predicted octanol–water partition coefficient (Wildman–Crippen LogP) is 5.76. The summed E-state index contributed by atoms with van der Waals surface area (Å²) < 4.78 is 12.3. The Morgan fingerprint density at radius 1 is 1.17 bits per heavy atom. The number of anilines is 2. The van der Waals surface area contributed by atoms with Gasteiger partial charge in [-0.05, 0) is 75.0 Å². The number of benzene rings is 3. The largest absolute Gasteiger partial charge is 0.493 e. The maximum absolute atomic E-state index is 14.0. The number of thiocarbonyl (C=S) groups is 1. The first-order valence-electron chi connectivity index (χ1n) is 11.3. The van der Waals surface area contributed by atoms with Gasteiger partial charge in [0, 0.05) is 22.0 Å². The van der Waals surface area contributed by atoms with Crippen LogP contribution in [0.1, 0.15) is 29.7 Å². The summed E-state index contributed by atoms with van der Waals surface area (Å²) in [4.78, 5) is 15.8. The Morgan fingerprint density at radius 3 is 2.60 bits per heavy atom. The second-order valence-corrected chi connectivity index (χ2v) is 9.88. The molecule has 0 aliphatic carbocycles. The van der Waals surface area contributed by atoms with E-state index in [0.717, 1.165) is 28.1 Å². The first kappa shape index (κ1) is 23.5. The Labute approximate surface area is 215 Å². The summed E-state index contributed by atoms with van der Waals surface area (Å²) >= 11 is 12.0. The summed E-state index contributed by atoms with van der Waals surface area (Å²) in [6, 6.07) is 18.5. The van der Waals surface area contributed by atoms with E-state index >= 15 is 0 Å². The van der Waals surface area contributed by atoms with Gasteiger partial charge < -0.3 is 20.1 Å². The molecule has 2 aliphatic heterocycles. The minimum Gasteiger partial charge on any atom is -0.493 e. The molecule has 8 heteroatoms. The molecule has 0 unspecified atom stereocenters. The van der Waals surface area contributed by atoms with Crippen LogP contribution in [0.4, 0.5) is 11.4 Å². The quantitative estimate of drug-likeness (QED) is 0.437. The Morgan fingerprint density at radius 2 is 1.91 bits per heavy atom. The zero-order valence-corrected chi connectivity index (χ0v) is 21.5. The number of carbonyl (C=O) groups excluding carboxylic acids is 1. The van der Waals surface area contributed by atoms with E-state index in [1.165, 1.54) is 0 Å². The van der Waals surface area contributed by atoms with Crippen molar-refractivity contribution in [1.29, 1.82) is 0 Å². The zero-order valence-electron chi connectivity index (χ0n) is 19.9. The molecular formula is C27H26ClN3O3S. The van der Waals surface area contributed by atoms with Crippen molar-refractivity contribution in [2.24, 2.45) is 5.92 Å². The Kier molecular flexibility index (Phi) is 5.85. The molecule has 1 saturated heterocycles. The number of methoxy groups -OCH3 is 1. The number of para-hydroxylation sites is 1. The van der Waals surface area contributed by atoms with Gasteiger partial charge in [0.15, 0.2) is 22.3 Å². The number of nitrogens with one attached hydrogen (secondary N) is 2. The van der Waals surface area contributed by atoms with Crippen LogP contribution in [0.2, 0.25) is 5.02 Å². The fourth-order valence-electron chi connectivity index (χ4n) is 5.07. The standard InChI is InChI=1S/C27H26ClN3O3S/c1-15-8-13-20(16(2)14-15)29-25(32)22-23-19-6-5-7-21(33-4)24(19)34-27(22,3)31(26(35)30-23)18-11-9-17(28)10-12-18/h5-14,22-23H,1-4H3,(H,29,32)(H,30,35)/t22-,23-,27-/m0/s1. The van der Waals surface area contributed by atoms with Crippen molar-refractivity contribution in [3.63, 3.8) is 0 Å². The summed E-state index contributed by atoms with van der Waals surface area (Å²) in [6.45, 7) is 5.90. The number of fused-ring (bicyclic) bond motifs is 4. The number of amides is 1. The zero-order chi connectivity index (χ0) is 24.9. The average molecular weight is 508 g/mol. The van der Waals surface area contributed by atoms with E-state index in [9.17, 15) is 4.79 Å². The van der Waals surface area contributed by atoms with Gasteiger partial charge in [0.2, 0.25) is 5.91 Å².